The van der Waals surface area contributed by atoms with Crippen LogP contribution in [-0.4, -0.2) is 22.7 Å². The quantitative estimate of drug-likeness (QED) is 0.933. The maximum atomic E-state index is 11.9. The summed E-state index contributed by atoms with van der Waals surface area (Å²) in [5.74, 6) is -0.218. The van der Waals surface area contributed by atoms with Gasteiger partial charge in [0.05, 0.1) is 5.71 Å². The first-order chi connectivity index (χ1) is 9.33. The van der Waals surface area contributed by atoms with Gasteiger partial charge in [0.15, 0.2) is 5.13 Å². The molecule has 0 bridgehead atoms. The maximum Gasteiger partial charge on any atom is 0.270 e. The number of nitrogens with one attached hydrogen (secondary N) is 1. The van der Waals surface area contributed by atoms with Crippen LogP contribution in [0, 0.1) is 0 Å². The standard InChI is InChI=1S/C13H11N3O2S/c17-12(15-13-14-6-7-19-13)11-8-10(16-18-11)9-4-2-1-3-5-9/h1-7,11H,8H2,(H,14,15,17). The second kappa shape index (κ2) is 5.19. The van der Waals surface area contributed by atoms with E-state index in [2.05, 4.69) is 15.5 Å². The lowest BCUT2D eigenvalue weighted by Crippen LogP contribution is -2.27. The zero-order chi connectivity index (χ0) is 13.1. The number of benzene rings is 1. The first-order valence-corrected chi connectivity index (χ1v) is 6.69. The predicted molar refractivity (Wildman–Crippen MR) is 73.2 cm³/mol. The molecule has 1 atom stereocenters. The van der Waals surface area contributed by atoms with E-state index in [0.717, 1.165) is 11.3 Å². The van der Waals surface area contributed by atoms with Crippen molar-refractivity contribution in [2.75, 3.05) is 5.32 Å². The highest BCUT2D eigenvalue weighted by molar-refractivity contribution is 7.13. The lowest BCUT2D eigenvalue weighted by Gasteiger charge is -2.06. The maximum absolute atomic E-state index is 11.9. The summed E-state index contributed by atoms with van der Waals surface area (Å²) in [5, 5.41) is 9.06. The molecule has 96 valence electrons. The molecular weight excluding hydrogens is 262 g/mol. The summed E-state index contributed by atoms with van der Waals surface area (Å²) in [5.41, 5.74) is 1.77. The lowest BCUT2D eigenvalue weighted by molar-refractivity contribution is -0.125. The molecule has 5 nitrogen and oxygen atoms in total. The first-order valence-electron chi connectivity index (χ1n) is 5.81. The SMILES string of the molecule is O=C(Nc1nccs1)C1CC(c2ccccc2)=NO1. The van der Waals surface area contributed by atoms with E-state index in [9.17, 15) is 4.79 Å². The van der Waals surface area contributed by atoms with Crippen molar-refractivity contribution < 1.29 is 9.63 Å². The Morgan fingerprint density at radius 1 is 1.37 bits per heavy atom. The van der Waals surface area contributed by atoms with Crippen LogP contribution in [0.4, 0.5) is 5.13 Å². The van der Waals surface area contributed by atoms with E-state index >= 15 is 0 Å². The van der Waals surface area contributed by atoms with E-state index in [1.165, 1.54) is 11.3 Å². The van der Waals surface area contributed by atoms with Crippen LogP contribution in [0.5, 0.6) is 0 Å². The highest BCUT2D eigenvalue weighted by Gasteiger charge is 2.29. The molecule has 0 spiro atoms. The largest absolute Gasteiger partial charge is 0.382 e. The van der Waals surface area contributed by atoms with Crippen molar-refractivity contribution in [1.82, 2.24) is 4.98 Å². The third-order valence-corrected chi connectivity index (χ3v) is 3.42. The molecule has 3 rings (SSSR count). The Morgan fingerprint density at radius 2 is 2.21 bits per heavy atom. The van der Waals surface area contributed by atoms with Crippen LogP contribution in [0.25, 0.3) is 0 Å². The van der Waals surface area contributed by atoms with Gasteiger partial charge in [0.2, 0.25) is 6.10 Å². The molecule has 0 fully saturated rings. The Labute approximate surface area is 113 Å². The molecule has 0 radical (unpaired) electrons. The van der Waals surface area contributed by atoms with Gasteiger partial charge < -0.3 is 4.84 Å². The molecule has 0 aliphatic carbocycles. The smallest absolute Gasteiger partial charge is 0.270 e. The van der Waals surface area contributed by atoms with E-state index in [1.54, 1.807) is 11.6 Å². The molecule has 0 saturated heterocycles. The highest BCUT2D eigenvalue weighted by atomic mass is 32.1. The average Bonchev–Trinajstić information content (AvgIpc) is 3.10. The summed E-state index contributed by atoms with van der Waals surface area (Å²) in [6.07, 6.45) is 1.53. The zero-order valence-corrected chi connectivity index (χ0v) is 10.8. The zero-order valence-electron chi connectivity index (χ0n) is 9.95. The highest BCUT2D eigenvalue weighted by Crippen LogP contribution is 2.19. The second-order valence-electron chi connectivity index (χ2n) is 4.03. The number of carbonyl (C=O) groups excluding carboxylic acids is 1. The van der Waals surface area contributed by atoms with E-state index in [1.807, 2.05) is 30.3 Å². The normalized spacial score (nSPS) is 17.7. The Morgan fingerprint density at radius 3 is 2.95 bits per heavy atom. The molecule has 1 aromatic carbocycles. The predicted octanol–water partition coefficient (Wildman–Crippen LogP) is 2.27. The van der Waals surface area contributed by atoms with Crippen LogP contribution in [-0.2, 0) is 9.63 Å². The molecular formula is C13H11N3O2S. The van der Waals surface area contributed by atoms with Gasteiger partial charge in [0, 0.05) is 18.0 Å². The fourth-order valence-corrected chi connectivity index (χ4v) is 2.32. The molecule has 1 aliphatic heterocycles. The first kappa shape index (κ1) is 11.9. The molecule has 0 saturated carbocycles. The molecule has 1 N–H and O–H groups in total. The summed E-state index contributed by atoms with van der Waals surface area (Å²) in [6, 6.07) is 9.70. The monoisotopic (exact) mass is 273 g/mol. The van der Waals surface area contributed by atoms with Gasteiger partial charge in [-0.2, -0.15) is 0 Å². The molecule has 1 unspecified atom stereocenters. The molecule has 1 amide bonds. The number of hydrogen-bond acceptors (Lipinski definition) is 5. The number of anilines is 1. The minimum Gasteiger partial charge on any atom is -0.382 e. The number of rotatable bonds is 3. The van der Waals surface area contributed by atoms with Gasteiger partial charge in [-0.15, -0.1) is 11.3 Å². The Balaban J connectivity index is 1.63. The fourth-order valence-electron chi connectivity index (χ4n) is 1.79. The van der Waals surface area contributed by atoms with Crippen LogP contribution in [0.1, 0.15) is 12.0 Å². The molecule has 19 heavy (non-hydrogen) atoms. The Hall–Kier alpha value is -2.21. The van der Waals surface area contributed by atoms with Gasteiger partial charge in [-0.3, -0.25) is 10.1 Å². The van der Waals surface area contributed by atoms with E-state index in [-0.39, 0.29) is 5.91 Å². The minimum absolute atomic E-state index is 0.218. The third-order valence-electron chi connectivity index (χ3n) is 2.73. The fraction of sp³-hybridized carbons (Fsp3) is 0.154. The van der Waals surface area contributed by atoms with Crippen molar-refractivity contribution in [3.8, 4) is 0 Å². The number of carbonyl (C=O) groups is 1. The molecule has 1 aliphatic rings. The number of nitrogens with zero attached hydrogens (tertiary/aromatic N) is 2. The van der Waals surface area contributed by atoms with Crippen molar-refractivity contribution in [2.45, 2.75) is 12.5 Å². The van der Waals surface area contributed by atoms with Gasteiger partial charge in [-0.05, 0) is 5.56 Å². The van der Waals surface area contributed by atoms with Crippen LogP contribution in [0.2, 0.25) is 0 Å². The van der Waals surface area contributed by atoms with Crippen molar-refractivity contribution in [3.63, 3.8) is 0 Å². The van der Waals surface area contributed by atoms with Gasteiger partial charge in [0.1, 0.15) is 0 Å². The van der Waals surface area contributed by atoms with Crippen molar-refractivity contribution in [1.29, 1.82) is 0 Å². The average molecular weight is 273 g/mol. The van der Waals surface area contributed by atoms with E-state index in [0.29, 0.717) is 11.6 Å². The number of amides is 1. The van der Waals surface area contributed by atoms with Crippen LogP contribution < -0.4 is 5.32 Å². The van der Waals surface area contributed by atoms with Gasteiger partial charge >= 0.3 is 0 Å². The van der Waals surface area contributed by atoms with Gasteiger partial charge in [-0.1, -0.05) is 35.5 Å². The summed E-state index contributed by atoms with van der Waals surface area (Å²) in [7, 11) is 0. The summed E-state index contributed by atoms with van der Waals surface area (Å²) < 4.78 is 0. The lowest BCUT2D eigenvalue weighted by atomic mass is 10.1. The van der Waals surface area contributed by atoms with Crippen LogP contribution in [0.15, 0.2) is 47.1 Å². The Kier molecular flexibility index (Phi) is 3.24. The second-order valence-corrected chi connectivity index (χ2v) is 4.92. The molecule has 2 heterocycles. The summed E-state index contributed by atoms with van der Waals surface area (Å²) in [4.78, 5) is 21.1. The van der Waals surface area contributed by atoms with E-state index < -0.39 is 6.10 Å². The molecule has 2 aromatic rings. The van der Waals surface area contributed by atoms with Crippen LogP contribution >= 0.6 is 11.3 Å². The molecule has 6 heteroatoms. The summed E-state index contributed by atoms with van der Waals surface area (Å²) >= 11 is 1.37. The summed E-state index contributed by atoms with van der Waals surface area (Å²) in [6.45, 7) is 0. The van der Waals surface area contributed by atoms with Gasteiger partial charge in [-0.25, -0.2) is 4.98 Å². The van der Waals surface area contributed by atoms with Crippen LogP contribution in [0.3, 0.4) is 0 Å². The van der Waals surface area contributed by atoms with Crippen molar-refractivity contribution in [3.05, 3.63) is 47.5 Å². The minimum atomic E-state index is -0.584. The number of thiazole rings is 1. The van der Waals surface area contributed by atoms with Crippen molar-refractivity contribution >= 4 is 28.1 Å². The van der Waals surface area contributed by atoms with Gasteiger partial charge in [0.25, 0.3) is 5.91 Å². The molecule has 1 aromatic heterocycles. The third kappa shape index (κ3) is 2.63. The van der Waals surface area contributed by atoms with E-state index in [4.69, 9.17) is 4.84 Å². The number of hydrogen-bond donors (Lipinski definition) is 1. The number of oxime groups is 1. The Bertz CT molecular complexity index is 596. The topological polar surface area (TPSA) is 63.6 Å². The number of aromatic nitrogens is 1. The van der Waals surface area contributed by atoms with Crippen molar-refractivity contribution in [2.24, 2.45) is 5.16 Å².